The normalized spacial score (nSPS) is 28.8. The molecule has 2 fully saturated rings. The molecule has 0 aromatic rings. The molecule has 0 saturated carbocycles. The van der Waals surface area contributed by atoms with Crippen LogP contribution in [0.3, 0.4) is 0 Å². The van der Waals surface area contributed by atoms with Gasteiger partial charge in [-0.05, 0) is 38.5 Å². The summed E-state index contributed by atoms with van der Waals surface area (Å²) in [6.07, 6.45) is -15.6. The van der Waals surface area contributed by atoms with Crippen molar-refractivity contribution < 1.29 is 135 Å². The van der Waals surface area contributed by atoms with Crippen LogP contribution in [0.1, 0.15) is 79.1 Å². The Hall–Kier alpha value is -1.24. The van der Waals surface area contributed by atoms with Crippen molar-refractivity contribution in [2.75, 3.05) is 25.2 Å². The van der Waals surface area contributed by atoms with Gasteiger partial charge in [-0.1, -0.05) is 43.6 Å². The van der Waals surface area contributed by atoms with Gasteiger partial charge in [0.25, 0.3) is 0 Å². The van der Waals surface area contributed by atoms with Crippen LogP contribution in [0.2, 0.25) is 0 Å². The molecule has 356 valence electrons. The molecular weight excluding hydrogens is 899 g/mol. The number of carbonyl (C=O) groups is 4. The summed E-state index contributed by atoms with van der Waals surface area (Å²) in [5.74, 6) is -2.64. The van der Waals surface area contributed by atoms with Crippen molar-refractivity contribution in [2.24, 2.45) is 0 Å². The van der Waals surface area contributed by atoms with Gasteiger partial charge in [-0.3, -0.25) is 14.4 Å². The van der Waals surface area contributed by atoms with Crippen LogP contribution in [0.15, 0.2) is 0 Å². The van der Waals surface area contributed by atoms with Gasteiger partial charge in [0, 0.05) is 12.8 Å². The van der Waals surface area contributed by atoms with Gasteiger partial charge in [-0.2, -0.15) is 0 Å². The van der Waals surface area contributed by atoms with Crippen molar-refractivity contribution in [3.8, 4) is 0 Å². The fourth-order valence-corrected chi connectivity index (χ4v) is 6.06. The second kappa shape index (κ2) is 34.2. The molecule has 2 amide bonds. The zero-order valence-corrected chi connectivity index (χ0v) is 38.8. The molecular formula is C36H68BrN2NaO21. The fraction of sp³-hybridized carbons (Fsp3) is 0.889. The van der Waals surface area contributed by atoms with E-state index in [-0.39, 0.29) is 104 Å². The first kappa shape index (κ1) is 64.0. The van der Waals surface area contributed by atoms with Crippen LogP contribution in [0.5, 0.6) is 0 Å². The second-order valence-electron chi connectivity index (χ2n) is 14.1. The summed E-state index contributed by atoms with van der Waals surface area (Å²) in [6.45, 7) is 5.25. The number of halogens is 1. The molecule has 2 aliphatic rings. The van der Waals surface area contributed by atoms with E-state index in [1.165, 1.54) is 0 Å². The average molecular weight is 968 g/mol. The average Bonchev–Trinajstić information content (AvgIpc) is 3.22. The van der Waals surface area contributed by atoms with Crippen molar-refractivity contribution in [1.29, 1.82) is 0 Å². The molecule has 2 aliphatic heterocycles. The Morgan fingerprint density at radius 3 is 1.28 bits per heavy atom. The van der Waals surface area contributed by atoms with Crippen molar-refractivity contribution in [3.05, 3.63) is 0 Å². The van der Waals surface area contributed by atoms with E-state index < -0.39 is 123 Å². The molecule has 0 spiro atoms. The number of alkyl halides is 1. The zero-order valence-electron chi connectivity index (χ0n) is 35.2. The first-order valence-corrected chi connectivity index (χ1v) is 20.7. The molecule has 0 aromatic carbocycles. The van der Waals surface area contributed by atoms with Gasteiger partial charge in [0.05, 0.1) is 61.9 Å². The Labute approximate surface area is 385 Å². The van der Waals surface area contributed by atoms with E-state index in [0.29, 0.717) is 6.42 Å². The minimum Gasteiger partial charge on any atom is -0.870 e. The maximum Gasteiger partial charge on any atom is 1.00 e. The van der Waals surface area contributed by atoms with Gasteiger partial charge in [0.1, 0.15) is 60.8 Å². The van der Waals surface area contributed by atoms with Gasteiger partial charge < -0.3 is 96.7 Å². The van der Waals surface area contributed by atoms with E-state index in [1.807, 2.05) is 0 Å². The Balaban J connectivity index is -0.000000970. The van der Waals surface area contributed by atoms with Crippen LogP contribution < -0.4 is 40.2 Å². The minimum absolute atomic E-state index is 0. The first-order chi connectivity index (χ1) is 27.6. The van der Waals surface area contributed by atoms with Crippen molar-refractivity contribution in [3.63, 3.8) is 0 Å². The van der Waals surface area contributed by atoms with E-state index in [4.69, 9.17) is 24.4 Å². The summed E-state index contributed by atoms with van der Waals surface area (Å²) in [5, 5.41) is 131. The smallest absolute Gasteiger partial charge is 0.870 e. The van der Waals surface area contributed by atoms with Crippen LogP contribution in [0.4, 0.5) is 0 Å². The number of hydrogen-bond donors (Lipinski definition) is 15. The third kappa shape index (κ3) is 23.0. The summed E-state index contributed by atoms with van der Waals surface area (Å²) in [6, 6.07) is -1.56. The Bertz CT molecular complexity index is 1220. The first-order valence-electron chi connectivity index (χ1n) is 19.5. The molecule has 25 heteroatoms. The summed E-state index contributed by atoms with van der Waals surface area (Å²) in [5.41, 5.74) is 0. The van der Waals surface area contributed by atoms with Gasteiger partial charge >= 0.3 is 41.5 Å². The number of rotatable bonds is 22. The summed E-state index contributed by atoms with van der Waals surface area (Å²) in [7, 11) is 0. The van der Waals surface area contributed by atoms with E-state index >= 15 is 0 Å². The van der Waals surface area contributed by atoms with E-state index in [1.54, 1.807) is 27.7 Å². The molecule has 2 rings (SSSR count). The number of carboxylic acid groups (broad SMARTS) is 2. The van der Waals surface area contributed by atoms with Crippen LogP contribution >= 0.6 is 15.9 Å². The van der Waals surface area contributed by atoms with Crippen LogP contribution in [0.25, 0.3) is 0 Å². The number of ether oxygens (including phenoxy) is 3. The van der Waals surface area contributed by atoms with Gasteiger partial charge in [-0.25, -0.2) is 4.79 Å². The largest absolute Gasteiger partial charge is 1.00 e. The van der Waals surface area contributed by atoms with E-state index in [2.05, 4.69) is 26.6 Å². The van der Waals surface area contributed by atoms with Crippen molar-refractivity contribution in [2.45, 2.75) is 177 Å². The molecule has 16 N–H and O–H groups in total. The second-order valence-corrected chi connectivity index (χ2v) is 14.7. The number of aliphatic carboxylic acids is 2. The van der Waals surface area contributed by atoms with Gasteiger partial charge in [0.15, 0.2) is 0 Å². The third-order valence-corrected chi connectivity index (χ3v) is 10.2. The molecule has 9 unspecified atom stereocenters. The Morgan fingerprint density at radius 1 is 0.623 bits per heavy atom. The third-order valence-electron chi connectivity index (χ3n) is 9.73. The predicted molar refractivity (Wildman–Crippen MR) is 210 cm³/mol. The Morgan fingerprint density at radius 2 is 0.967 bits per heavy atom. The number of amides is 2. The summed E-state index contributed by atoms with van der Waals surface area (Å²) >= 11 is 2.71. The number of aliphatic hydroxyl groups is 11. The Kier molecular flexibility index (Phi) is 35.9. The molecule has 0 radical (unpaired) electrons. The molecule has 0 aliphatic carbocycles. The van der Waals surface area contributed by atoms with E-state index in [0.717, 1.165) is 0 Å². The topological polar surface area (TPSA) is 413 Å². The predicted octanol–water partition coefficient (Wildman–Crippen LogP) is -7.33. The zero-order chi connectivity index (χ0) is 45.6. The van der Waals surface area contributed by atoms with Crippen molar-refractivity contribution in [1.82, 2.24) is 10.6 Å². The monoisotopic (exact) mass is 966 g/mol. The van der Waals surface area contributed by atoms with Crippen LogP contribution in [-0.2, 0) is 33.4 Å². The molecule has 23 nitrogen and oxygen atoms in total. The number of aliphatic hydroxyl groups excluding tert-OH is 11. The maximum absolute atomic E-state index is 11.8. The summed E-state index contributed by atoms with van der Waals surface area (Å²) < 4.78 is 15.9. The van der Waals surface area contributed by atoms with Gasteiger partial charge in [0.2, 0.25) is 11.8 Å². The molecule has 2 heterocycles. The SMILES string of the molecule is CCC(=O)NC(CC[C@H]1OC(COCC(=O)O)[C@H](O)C(O)C1O)C(O)C(O)CC.CCC(=O)N[C@@H](CC[C@H]1OC(CO)[C@H](O)C(O)C1O)[C@H](O)[C@H](O)CC.O=C(O)CBr.[Na+].[OH-]. The van der Waals surface area contributed by atoms with Crippen molar-refractivity contribution >= 4 is 39.7 Å². The molecule has 2 saturated heterocycles. The summed E-state index contributed by atoms with van der Waals surface area (Å²) in [4.78, 5) is 43.3. The van der Waals surface area contributed by atoms with E-state index in [9.17, 15) is 75.3 Å². The van der Waals surface area contributed by atoms with Gasteiger partial charge in [-0.15, -0.1) is 0 Å². The minimum atomic E-state index is -1.54. The number of hydrogen-bond acceptors (Lipinski definition) is 19. The van der Waals surface area contributed by atoms with Crippen LogP contribution in [-0.4, -0.2) is 218 Å². The molecule has 0 aromatic heterocycles. The number of nitrogens with one attached hydrogen (secondary N) is 2. The number of carboxylic acids is 2. The molecule has 61 heavy (non-hydrogen) atoms. The number of carbonyl (C=O) groups excluding carboxylic acids is 2. The quantitative estimate of drug-likeness (QED) is 0.0354. The standard InChI is InChI=1S/C18H33NO10.C16H31NO8.C2H3BrO2.Na.H2O/c1-3-10(20)15(24)9(19-13(21)4-2)5-6-11-16(25)18(27)17(26)12(29-11)7-28-8-14(22)23;1-3-9(19)13(21)8(17-12(20)4-2)5-6-10-14(22)16(24)15(23)11(7-18)25-10;3-1-2(4)5;;/h9-12,15-18,20,24-27H,3-8H2,1-2H3,(H,19,21)(H,22,23);8-11,13-16,18-19,21-24H,3-7H2,1-2H3,(H,17,20);1H2,(H,4,5);;1H2/q;;;+1;/p-1/t9?,10?,11-,12?,15?,16?,17+,18?;8-,9+,10+,11?,13-,14?,15-,16?;;;/m10.../s1. The fourth-order valence-electron chi connectivity index (χ4n) is 6.06. The van der Waals surface area contributed by atoms with Crippen LogP contribution in [0, 0.1) is 0 Å². The molecule has 0 bridgehead atoms. The molecule has 16 atom stereocenters. The maximum atomic E-state index is 11.8.